The molecule has 1 atom stereocenters. The van der Waals surface area contributed by atoms with Crippen LogP contribution in [0.15, 0.2) is 29.4 Å². The Hall–Kier alpha value is -2.25. The van der Waals surface area contributed by atoms with Gasteiger partial charge >= 0.3 is 6.18 Å². The predicted octanol–water partition coefficient (Wildman–Crippen LogP) is 1.96. The number of halogens is 3. The van der Waals surface area contributed by atoms with Crippen molar-refractivity contribution in [1.29, 1.82) is 0 Å². The number of hydrogen-bond donors (Lipinski definition) is 3. The molecule has 0 spiro atoms. The van der Waals surface area contributed by atoms with Crippen LogP contribution in [0.25, 0.3) is 0 Å². The Morgan fingerprint density at radius 3 is 2.65 bits per heavy atom. The van der Waals surface area contributed by atoms with Gasteiger partial charge in [0.05, 0.1) is 11.6 Å². The summed E-state index contributed by atoms with van der Waals surface area (Å²) in [6.07, 6.45) is -4.19. The first-order chi connectivity index (χ1) is 9.29. The topological polar surface area (TPSA) is 87.7 Å². The maximum Gasteiger partial charge on any atom is 0.416 e. The van der Waals surface area contributed by atoms with E-state index in [9.17, 15) is 18.0 Å². The Morgan fingerprint density at radius 1 is 1.50 bits per heavy atom. The van der Waals surface area contributed by atoms with E-state index < -0.39 is 23.7 Å². The number of hydrogen-bond acceptors (Lipinski definition) is 3. The quantitative estimate of drug-likeness (QED) is 0.343. The van der Waals surface area contributed by atoms with Gasteiger partial charge in [-0.15, -0.1) is 0 Å². The third-order valence-corrected chi connectivity index (χ3v) is 2.64. The minimum atomic E-state index is -4.52. The number of amides is 1. The second-order valence-corrected chi connectivity index (χ2v) is 4.04. The van der Waals surface area contributed by atoms with Crippen LogP contribution in [0.5, 0.6) is 0 Å². The number of carbonyl (C=O) groups is 1. The van der Waals surface area contributed by atoms with Gasteiger partial charge < -0.3 is 16.3 Å². The highest BCUT2D eigenvalue weighted by molar-refractivity contribution is 5.98. The monoisotopic (exact) mass is 289 g/mol. The number of carbonyl (C=O) groups excluding carboxylic acids is 1. The first-order valence-corrected chi connectivity index (χ1v) is 5.75. The van der Waals surface area contributed by atoms with Crippen molar-refractivity contribution >= 4 is 11.7 Å². The van der Waals surface area contributed by atoms with E-state index in [1.165, 1.54) is 6.07 Å². The Balaban J connectivity index is 2.93. The molecule has 0 aliphatic heterocycles. The minimum Gasteiger partial charge on any atom is -0.409 e. The van der Waals surface area contributed by atoms with Crippen LogP contribution in [0.2, 0.25) is 0 Å². The summed E-state index contributed by atoms with van der Waals surface area (Å²) in [5, 5.41) is 13.7. The normalized spacial score (nSPS) is 13.9. The van der Waals surface area contributed by atoms with Gasteiger partial charge in [0.1, 0.15) is 0 Å². The summed E-state index contributed by atoms with van der Waals surface area (Å²) in [4.78, 5) is 11.8. The number of nitrogens with two attached hydrogens (primary N) is 1. The molecule has 0 saturated carbocycles. The molecule has 110 valence electrons. The fourth-order valence-corrected chi connectivity index (χ4v) is 1.53. The van der Waals surface area contributed by atoms with Gasteiger partial charge in [-0.2, -0.15) is 13.2 Å². The van der Waals surface area contributed by atoms with Gasteiger partial charge in [-0.05, 0) is 24.6 Å². The first-order valence-electron chi connectivity index (χ1n) is 5.75. The minimum absolute atomic E-state index is 0.149. The zero-order valence-electron chi connectivity index (χ0n) is 10.6. The van der Waals surface area contributed by atoms with Crippen LogP contribution in [0.3, 0.4) is 0 Å². The molecule has 1 unspecified atom stereocenters. The SMILES string of the molecule is CCC(NC(=O)c1cccc(C(F)(F)F)c1)/C(N)=N/O. The van der Waals surface area contributed by atoms with Crippen molar-refractivity contribution < 1.29 is 23.2 Å². The first kappa shape index (κ1) is 15.8. The second kappa shape index (κ2) is 6.27. The summed E-state index contributed by atoms with van der Waals surface area (Å²) in [6, 6.07) is 3.26. The Morgan fingerprint density at radius 2 is 2.15 bits per heavy atom. The third-order valence-electron chi connectivity index (χ3n) is 2.64. The van der Waals surface area contributed by atoms with Crippen LogP contribution in [0, 0.1) is 0 Å². The van der Waals surface area contributed by atoms with Crippen LogP contribution in [-0.2, 0) is 6.18 Å². The Bertz CT molecular complexity index is 515. The van der Waals surface area contributed by atoms with Gasteiger partial charge in [0.2, 0.25) is 0 Å². The number of benzene rings is 1. The fraction of sp³-hybridized carbons (Fsp3) is 0.333. The summed E-state index contributed by atoms with van der Waals surface area (Å²) in [5.74, 6) is -0.942. The van der Waals surface area contributed by atoms with E-state index in [1.54, 1.807) is 6.92 Å². The second-order valence-electron chi connectivity index (χ2n) is 4.04. The number of nitrogens with one attached hydrogen (secondary N) is 1. The number of nitrogens with zero attached hydrogens (tertiary/aromatic N) is 1. The third kappa shape index (κ3) is 3.87. The van der Waals surface area contributed by atoms with Gasteiger partial charge in [0.25, 0.3) is 5.91 Å². The van der Waals surface area contributed by atoms with Gasteiger partial charge in [-0.3, -0.25) is 4.79 Å². The van der Waals surface area contributed by atoms with Crippen molar-refractivity contribution in [2.45, 2.75) is 25.6 Å². The maximum absolute atomic E-state index is 12.5. The largest absolute Gasteiger partial charge is 0.416 e. The molecule has 1 amide bonds. The smallest absolute Gasteiger partial charge is 0.409 e. The van der Waals surface area contributed by atoms with Crippen LogP contribution < -0.4 is 11.1 Å². The van der Waals surface area contributed by atoms with Crippen LogP contribution in [0.1, 0.15) is 29.3 Å². The molecule has 0 aliphatic carbocycles. The average molecular weight is 289 g/mol. The molecule has 0 heterocycles. The number of alkyl halides is 3. The predicted molar refractivity (Wildman–Crippen MR) is 66.4 cm³/mol. The molecule has 1 aromatic rings. The van der Waals surface area contributed by atoms with E-state index in [-0.39, 0.29) is 11.4 Å². The van der Waals surface area contributed by atoms with Crippen molar-refractivity contribution in [1.82, 2.24) is 5.32 Å². The molecule has 8 heteroatoms. The van der Waals surface area contributed by atoms with Crippen LogP contribution in [0.4, 0.5) is 13.2 Å². The Kier molecular flexibility index (Phi) is 4.95. The molecule has 0 bridgehead atoms. The molecule has 0 saturated heterocycles. The number of rotatable bonds is 4. The molecule has 1 rings (SSSR count). The summed E-state index contributed by atoms with van der Waals surface area (Å²) in [7, 11) is 0. The Labute approximate surface area is 113 Å². The lowest BCUT2D eigenvalue weighted by molar-refractivity contribution is -0.137. The van der Waals surface area contributed by atoms with Gasteiger partial charge in [0, 0.05) is 5.56 Å². The van der Waals surface area contributed by atoms with Gasteiger partial charge in [-0.25, -0.2) is 0 Å². The average Bonchev–Trinajstić information content (AvgIpc) is 2.42. The number of amidine groups is 1. The van der Waals surface area contributed by atoms with Crippen molar-refractivity contribution in [2.24, 2.45) is 10.9 Å². The van der Waals surface area contributed by atoms with Crippen molar-refractivity contribution in [3.05, 3.63) is 35.4 Å². The highest BCUT2D eigenvalue weighted by Crippen LogP contribution is 2.29. The van der Waals surface area contributed by atoms with Gasteiger partial charge in [-0.1, -0.05) is 18.1 Å². The lowest BCUT2D eigenvalue weighted by atomic mass is 10.1. The van der Waals surface area contributed by atoms with E-state index in [1.807, 2.05) is 0 Å². The zero-order chi connectivity index (χ0) is 15.3. The van der Waals surface area contributed by atoms with Crippen molar-refractivity contribution in [2.75, 3.05) is 0 Å². The molecule has 5 nitrogen and oxygen atoms in total. The van der Waals surface area contributed by atoms with E-state index in [4.69, 9.17) is 10.9 Å². The molecular formula is C12H14F3N3O2. The molecule has 0 fully saturated rings. The molecule has 0 radical (unpaired) electrons. The fourth-order valence-electron chi connectivity index (χ4n) is 1.53. The van der Waals surface area contributed by atoms with Crippen molar-refractivity contribution in [3.63, 3.8) is 0 Å². The summed E-state index contributed by atoms with van der Waals surface area (Å²) in [5.41, 5.74) is 4.29. The highest BCUT2D eigenvalue weighted by atomic mass is 19.4. The highest BCUT2D eigenvalue weighted by Gasteiger charge is 2.31. The summed E-state index contributed by atoms with van der Waals surface area (Å²) >= 11 is 0. The molecule has 0 aromatic heterocycles. The molecule has 0 aliphatic rings. The van der Waals surface area contributed by atoms with Crippen LogP contribution >= 0.6 is 0 Å². The maximum atomic E-state index is 12.5. The molecule has 20 heavy (non-hydrogen) atoms. The van der Waals surface area contributed by atoms with Gasteiger partial charge in [0.15, 0.2) is 5.84 Å². The molecular weight excluding hydrogens is 275 g/mol. The zero-order valence-corrected chi connectivity index (χ0v) is 10.6. The van der Waals surface area contributed by atoms with E-state index in [0.717, 1.165) is 18.2 Å². The lowest BCUT2D eigenvalue weighted by Crippen LogP contribution is -2.44. The standard InChI is InChI=1S/C12H14F3N3O2/c1-2-9(10(16)18-20)17-11(19)7-4-3-5-8(6-7)12(13,14)15/h3-6,9,20H,2H2,1H3,(H2,16,18)(H,17,19). The lowest BCUT2D eigenvalue weighted by Gasteiger charge is -2.16. The van der Waals surface area contributed by atoms with E-state index in [2.05, 4.69) is 10.5 Å². The van der Waals surface area contributed by atoms with E-state index >= 15 is 0 Å². The molecule has 4 N–H and O–H groups in total. The van der Waals surface area contributed by atoms with E-state index in [0.29, 0.717) is 6.42 Å². The summed E-state index contributed by atoms with van der Waals surface area (Å²) < 4.78 is 37.6. The van der Waals surface area contributed by atoms with Crippen LogP contribution in [-0.4, -0.2) is 23.0 Å². The summed E-state index contributed by atoms with van der Waals surface area (Å²) in [6.45, 7) is 1.68. The molecule has 1 aromatic carbocycles. The van der Waals surface area contributed by atoms with Crippen molar-refractivity contribution in [3.8, 4) is 0 Å². The number of oxime groups is 1.